The number of carbonyl (C=O) groups is 1. The van der Waals surface area contributed by atoms with Crippen LogP contribution in [0.5, 0.6) is 0 Å². The smallest absolute Gasteiger partial charge is 0.250 e. The van der Waals surface area contributed by atoms with Gasteiger partial charge in [-0.05, 0) is 54.8 Å². The van der Waals surface area contributed by atoms with Gasteiger partial charge in [-0.25, -0.2) is 13.4 Å². The summed E-state index contributed by atoms with van der Waals surface area (Å²) in [7, 11) is -1.68. The summed E-state index contributed by atoms with van der Waals surface area (Å²) in [6.45, 7) is 8.75. The quantitative estimate of drug-likeness (QED) is 0.466. The Kier molecular flexibility index (Phi) is 8.26. The van der Waals surface area contributed by atoms with Crippen LogP contribution in [0.1, 0.15) is 25.3 Å². The van der Waals surface area contributed by atoms with Crippen molar-refractivity contribution < 1.29 is 13.2 Å². The lowest BCUT2D eigenvalue weighted by Crippen LogP contribution is -2.52. The zero-order chi connectivity index (χ0) is 26.6. The Hall–Kier alpha value is -3.27. The highest BCUT2D eigenvalue weighted by Crippen LogP contribution is 2.34. The average Bonchev–Trinajstić information content (AvgIpc) is 3.02. The number of rotatable bonds is 10. The maximum Gasteiger partial charge on any atom is 0.250 e. The van der Waals surface area contributed by atoms with Crippen LogP contribution in [0.4, 0.5) is 5.69 Å². The highest BCUT2D eigenvalue weighted by atomic mass is 32.2. The lowest BCUT2D eigenvalue weighted by atomic mass is 10.0. The third kappa shape index (κ3) is 5.84. The molecule has 4 rings (SSSR count). The first-order valence-corrected chi connectivity index (χ1v) is 14.0. The SMILES string of the molecule is C=CCN(CCC)C(=O)C1=Cc2ccc(-c3cccc(S(=O)(=O)N4CC(CNC)C4)c3)cc2N=C(N)C1. The summed E-state index contributed by atoms with van der Waals surface area (Å²) in [4.78, 5) is 19.8. The van der Waals surface area contributed by atoms with Gasteiger partial charge in [0.1, 0.15) is 5.84 Å². The molecule has 37 heavy (non-hydrogen) atoms. The Balaban J connectivity index is 1.62. The minimum Gasteiger partial charge on any atom is -0.387 e. The van der Waals surface area contributed by atoms with Gasteiger partial charge >= 0.3 is 0 Å². The van der Waals surface area contributed by atoms with Crippen LogP contribution in [0.3, 0.4) is 0 Å². The van der Waals surface area contributed by atoms with E-state index in [1.165, 1.54) is 4.31 Å². The van der Waals surface area contributed by atoms with E-state index in [4.69, 9.17) is 5.73 Å². The fourth-order valence-corrected chi connectivity index (χ4v) is 6.37. The lowest BCUT2D eigenvalue weighted by Gasteiger charge is -2.38. The molecule has 0 bridgehead atoms. The zero-order valence-corrected chi connectivity index (χ0v) is 22.3. The second kappa shape index (κ2) is 11.4. The summed E-state index contributed by atoms with van der Waals surface area (Å²) in [6.07, 6.45) is 4.68. The zero-order valence-electron chi connectivity index (χ0n) is 21.5. The molecule has 0 unspecified atom stereocenters. The third-order valence-electron chi connectivity index (χ3n) is 6.62. The molecule has 2 aromatic rings. The number of benzene rings is 2. The Bertz CT molecular complexity index is 1340. The number of nitrogens with one attached hydrogen (secondary N) is 1. The number of nitrogens with two attached hydrogens (primary N) is 1. The van der Waals surface area contributed by atoms with E-state index >= 15 is 0 Å². The van der Waals surface area contributed by atoms with Crippen LogP contribution in [0.2, 0.25) is 0 Å². The molecular formula is C28H35N5O3S. The van der Waals surface area contributed by atoms with Crippen LogP contribution in [-0.4, -0.2) is 69.1 Å². The Morgan fingerprint density at radius 2 is 2.00 bits per heavy atom. The number of amidine groups is 1. The van der Waals surface area contributed by atoms with E-state index in [-0.39, 0.29) is 17.2 Å². The van der Waals surface area contributed by atoms with Crippen LogP contribution in [0.25, 0.3) is 17.2 Å². The largest absolute Gasteiger partial charge is 0.387 e. The van der Waals surface area contributed by atoms with Crippen LogP contribution in [0.15, 0.2) is 70.6 Å². The summed E-state index contributed by atoms with van der Waals surface area (Å²) in [5.41, 5.74) is 9.84. The topological polar surface area (TPSA) is 108 Å². The molecule has 0 aliphatic carbocycles. The lowest BCUT2D eigenvalue weighted by molar-refractivity contribution is -0.126. The number of sulfonamides is 1. The molecule has 3 N–H and O–H groups in total. The van der Waals surface area contributed by atoms with Crippen molar-refractivity contribution in [1.82, 2.24) is 14.5 Å². The number of amides is 1. The Labute approximate surface area is 219 Å². The molecule has 0 radical (unpaired) electrons. The molecule has 0 aromatic heterocycles. The van der Waals surface area contributed by atoms with Crippen molar-refractivity contribution in [3.05, 3.63) is 66.3 Å². The molecule has 0 atom stereocenters. The summed E-state index contributed by atoms with van der Waals surface area (Å²) < 4.78 is 27.8. The molecule has 0 spiro atoms. The fourth-order valence-electron chi connectivity index (χ4n) is 4.73. The molecule has 1 amide bonds. The summed E-state index contributed by atoms with van der Waals surface area (Å²) in [5, 5.41) is 3.10. The maximum absolute atomic E-state index is 13.2. The van der Waals surface area contributed by atoms with Crippen molar-refractivity contribution in [1.29, 1.82) is 0 Å². The number of fused-ring (bicyclic) bond motifs is 1. The molecule has 8 nitrogen and oxygen atoms in total. The molecule has 2 heterocycles. The monoisotopic (exact) mass is 521 g/mol. The second-order valence-corrected chi connectivity index (χ2v) is 11.5. The van der Waals surface area contributed by atoms with Crippen molar-refractivity contribution >= 4 is 33.5 Å². The van der Waals surface area contributed by atoms with Gasteiger partial charge in [-0.1, -0.05) is 37.3 Å². The Morgan fingerprint density at radius 3 is 2.70 bits per heavy atom. The van der Waals surface area contributed by atoms with Crippen LogP contribution < -0.4 is 11.1 Å². The van der Waals surface area contributed by atoms with E-state index < -0.39 is 10.0 Å². The number of carbonyl (C=O) groups excluding carboxylic acids is 1. The van der Waals surface area contributed by atoms with Crippen molar-refractivity contribution in [2.45, 2.75) is 24.7 Å². The van der Waals surface area contributed by atoms with Gasteiger partial charge in [-0.15, -0.1) is 6.58 Å². The van der Waals surface area contributed by atoms with Gasteiger partial charge < -0.3 is 16.0 Å². The van der Waals surface area contributed by atoms with Crippen LogP contribution in [-0.2, 0) is 14.8 Å². The van der Waals surface area contributed by atoms with Gasteiger partial charge in [0.25, 0.3) is 5.91 Å². The minimum atomic E-state index is -3.55. The van der Waals surface area contributed by atoms with Gasteiger partial charge in [-0.3, -0.25) is 4.79 Å². The first kappa shape index (κ1) is 26.8. The Morgan fingerprint density at radius 1 is 1.24 bits per heavy atom. The molecule has 0 saturated carbocycles. The molecule has 1 fully saturated rings. The normalized spacial score (nSPS) is 16.2. The standard InChI is InChI=1S/C28H35N5O3S/c1-4-11-32(12-5-2)28(34)24-13-23-10-9-22(15-26(23)31-27(29)16-24)21-7-6-8-25(14-21)37(35,36)33-18-20(19-33)17-30-3/h4,6-10,13-15,20,30H,1,5,11-12,16-19H2,2-3H3,(H2,29,31). The van der Waals surface area contributed by atoms with Crippen LogP contribution >= 0.6 is 0 Å². The van der Waals surface area contributed by atoms with E-state index in [1.807, 2.05) is 44.3 Å². The first-order chi connectivity index (χ1) is 17.8. The summed E-state index contributed by atoms with van der Waals surface area (Å²) in [6, 6.07) is 12.7. The van der Waals surface area contributed by atoms with Crippen molar-refractivity contribution in [3.8, 4) is 11.1 Å². The van der Waals surface area contributed by atoms with E-state index in [1.54, 1.807) is 29.2 Å². The van der Waals surface area contributed by atoms with Gasteiger partial charge in [0.15, 0.2) is 0 Å². The van der Waals surface area contributed by atoms with E-state index in [0.29, 0.717) is 49.2 Å². The second-order valence-electron chi connectivity index (χ2n) is 9.54. The molecule has 9 heteroatoms. The van der Waals surface area contributed by atoms with E-state index in [9.17, 15) is 13.2 Å². The molecule has 2 aliphatic heterocycles. The predicted octanol–water partition coefficient (Wildman–Crippen LogP) is 3.39. The van der Waals surface area contributed by atoms with Crippen LogP contribution in [0, 0.1) is 5.92 Å². The fraction of sp³-hybridized carbons (Fsp3) is 0.357. The van der Waals surface area contributed by atoms with Gasteiger partial charge in [0.2, 0.25) is 10.0 Å². The van der Waals surface area contributed by atoms with Gasteiger partial charge in [0, 0.05) is 50.3 Å². The highest BCUT2D eigenvalue weighted by Gasteiger charge is 2.36. The minimum absolute atomic E-state index is 0.0716. The molecule has 2 aromatic carbocycles. The summed E-state index contributed by atoms with van der Waals surface area (Å²) >= 11 is 0. The van der Waals surface area contributed by atoms with E-state index in [2.05, 4.69) is 16.9 Å². The van der Waals surface area contributed by atoms with Crippen molar-refractivity contribution in [2.75, 3.05) is 39.8 Å². The number of nitrogens with zero attached hydrogens (tertiary/aromatic N) is 3. The first-order valence-electron chi connectivity index (χ1n) is 12.6. The number of aliphatic imine (C=N–C) groups is 1. The predicted molar refractivity (Wildman–Crippen MR) is 149 cm³/mol. The van der Waals surface area contributed by atoms with Gasteiger partial charge in [0.05, 0.1) is 10.6 Å². The number of hydrogen-bond donors (Lipinski definition) is 2. The molecule has 196 valence electrons. The third-order valence-corrected chi connectivity index (χ3v) is 8.45. The summed E-state index contributed by atoms with van der Waals surface area (Å²) in [5.74, 6) is 0.625. The van der Waals surface area contributed by atoms with E-state index in [0.717, 1.165) is 29.7 Å². The van der Waals surface area contributed by atoms with Gasteiger partial charge in [-0.2, -0.15) is 4.31 Å². The molecule has 2 aliphatic rings. The maximum atomic E-state index is 13.2. The molecule has 1 saturated heterocycles. The number of hydrogen-bond acceptors (Lipinski definition) is 6. The van der Waals surface area contributed by atoms with Crippen molar-refractivity contribution in [2.24, 2.45) is 16.6 Å². The molecular weight excluding hydrogens is 486 g/mol. The average molecular weight is 522 g/mol. The highest BCUT2D eigenvalue weighted by molar-refractivity contribution is 7.89. The van der Waals surface area contributed by atoms with Crippen molar-refractivity contribution in [3.63, 3.8) is 0 Å².